The van der Waals surface area contributed by atoms with Crippen LogP contribution in [0.25, 0.3) is 0 Å². The summed E-state index contributed by atoms with van der Waals surface area (Å²) >= 11 is 5.99. The number of carbonyl (C=O) groups is 1. The summed E-state index contributed by atoms with van der Waals surface area (Å²) in [5.74, 6) is 0.232. The highest BCUT2D eigenvalue weighted by Gasteiger charge is 2.10. The van der Waals surface area contributed by atoms with Gasteiger partial charge in [-0.1, -0.05) is 17.7 Å². The Balaban J connectivity index is 2.17. The molecule has 1 amide bonds. The lowest BCUT2D eigenvalue weighted by molar-refractivity contribution is 0.0949. The van der Waals surface area contributed by atoms with Crippen LogP contribution in [-0.4, -0.2) is 22.6 Å². The van der Waals surface area contributed by atoms with Crippen molar-refractivity contribution in [2.75, 3.05) is 12.3 Å². The molecule has 0 saturated carbocycles. The van der Waals surface area contributed by atoms with E-state index in [-0.39, 0.29) is 17.5 Å². The van der Waals surface area contributed by atoms with E-state index in [1.165, 1.54) is 12.1 Å². The van der Waals surface area contributed by atoms with E-state index in [2.05, 4.69) is 15.5 Å². The number of para-hydroxylation sites is 1. The number of hydrogen-bond donors (Lipinski definition) is 2. The zero-order chi connectivity index (χ0) is 14.5. The van der Waals surface area contributed by atoms with Crippen LogP contribution in [0.2, 0.25) is 5.02 Å². The summed E-state index contributed by atoms with van der Waals surface area (Å²) < 4.78 is 5.47. The Morgan fingerprint density at radius 2 is 2.15 bits per heavy atom. The molecule has 6 nitrogen and oxygen atoms in total. The smallest absolute Gasteiger partial charge is 0.271 e. The van der Waals surface area contributed by atoms with Gasteiger partial charge >= 0.3 is 0 Å². The average molecular weight is 293 g/mol. The second kappa shape index (κ2) is 6.21. The molecule has 0 saturated heterocycles. The minimum Gasteiger partial charge on any atom is -0.434 e. The van der Waals surface area contributed by atoms with Gasteiger partial charge in [0.2, 0.25) is 5.88 Å². The van der Waals surface area contributed by atoms with Crippen molar-refractivity contribution in [3.05, 3.63) is 41.0 Å². The van der Waals surface area contributed by atoms with Gasteiger partial charge in [0.05, 0.1) is 10.7 Å². The molecule has 0 bridgehead atoms. The molecule has 0 fully saturated rings. The fourth-order valence-electron chi connectivity index (χ4n) is 1.48. The molecule has 0 aliphatic carbocycles. The lowest BCUT2D eigenvalue weighted by Gasteiger charge is -2.08. The second-order valence-corrected chi connectivity index (χ2v) is 4.28. The van der Waals surface area contributed by atoms with E-state index in [4.69, 9.17) is 22.1 Å². The fourth-order valence-corrected chi connectivity index (χ4v) is 1.70. The Hall–Kier alpha value is -2.34. The number of anilines is 1. The third kappa shape index (κ3) is 3.16. The standard InChI is InChI=1S/C13H13ClN4O2/c1-2-16-13(19)10-6-7-11(18-17-10)20-12-8(14)4-3-5-9(12)15/h3-7H,2,15H2,1H3,(H,16,19). The molecule has 1 aromatic heterocycles. The van der Waals surface area contributed by atoms with Crippen LogP contribution in [0.5, 0.6) is 11.6 Å². The van der Waals surface area contributed by atoms with Gasteiger partial charge in [0, 0.05) is 12.6 Å². The summed E-state index contributed by atoms with van der Waals surface area (Å²) in [6.45, 7) is 2.35. The number of hydrogen-bond acceptors (Lipinski definition) is 5. The molecule has 7 heteroatoms. The normalized spacial score (nSPS) is 10.1. The number of aromatic nitrogens is 2. The van der Waals surface area contributed by atoms with Crippen molar-refractivity contribution in [2.45, 2.75) is 6.92 Å². The molecule has 0 aliphatic heterocycles. The summed E-state index contributed by atoms with van der Waals surface area (Å²) in [5, 5.41) is 10.6. The third-order valence-corrected chi connectivity index (χ3v) is 2.71. The molecule has 20 heavy (non-hydrogen) atoms. The minimum absolute atomic E-state index is 0.206. The van der Waals surface area contributed by atoms with Gasteiger partial charge in [0.25, 0.3) is 5.91 Å². The van der Waals surface area contributed by atoms with Gasteiger partial charge in [-0.3, -0.25) is 4.79 Å². The molecular weight excluding hydrogens is 280 g/mol. The van der Waals surface area contributed by atoms with Crippen molar-refractivity contribution in [1.82, 2.24) is 15.5 Å². The van der Waals surface area contributed by atoms with Crippen molar-refractivity contribution >= 4 is 23.2 Å². The third-order valence-electron chi connectivity index (χ3n) is 2.41. The van der Waals surface area contributed by atoms with E-state index in [9.17, 15) is 4.79 Å². The number of nitrogens with two attached hydrogens (primary N) is 1. The van der Waals surface area contributed by atoms with Crippen LogP contribution in [0.15, 0.2) is 30.3 Å². The first-order valence-electron chi connectivity index (χ1n) is 5.95. The lowest BCUT2D eigenvalue weighted by atomic mass is 10.3. The van der Waals surface area contributed by atoms with E-state index < -0.39 is 0 Å². The van der Waals surface area contributed by atoms with Crippen LogP contribution in [0.3, 0.4) is 0 Å². The van der Waals surface area contributed by atoms with Gasteiger partial charge in [0.15, 0.2) is 11.4 Å². The molecule has 0 unspecified atom stereocenters. The highest BCUT2D eigenvalue weighted by molar-refractivity contribution is 6.32. The number of nitrogen functional groups attached to an aromatic ring is 1. The average Bonchev–Trinajstić information content (AvgIpc) is 2.44. The molecule has 2 rings (SSSR count). The van der Waals surface area contributed by atoms with Crippen LogP contribution in [0, 0.1) is 0 Å². The molecule has 2 aromatic rings. The van der Waals surface area contributed by atoms with Crippen LogP contribution in [0.4, 0.5) is 5.69 Å². The summed E-state index contributed by atoms with van der Waals surface area (Å²) in [4.78, 5) is 11.5. The van der Waals surface area contributed by atoms with Gasteiger partial charge in [-0.25, -0.2) is 0 Å². The van der Waals surface area contributed by atoms with E-state index >= 15 is 0 Å². The molecule has 3 N–H and O–H groups in total. The quantitative estimate of drug-likeness (QED) is 0.844. The van der Waals surface area contributed by atoms with Crippen LogP contribution >= 0.6 is 11.6 Å². The first kappa shape index (κ1) is 14.1. The highest BCUT2D eigenvalue weighted by Crippen LogP contribution is 2.33. The maximum absolute atomic E-state index is 11.5. The Labute approximate surface area is 120 Å². The van der Waals surface area contributed by atoms with Gasteiger partial charge in [-0.05, 0) is 25.1 Å². The highest BCUT2D eigenvalue weighted by atomic mass is 35.5. The molecule has 104 valence electrons. The molecular formula is C13H13ClN4O2. The monoisotopic (exact) mass is 292 g/mol. The summed E-state index contributed by atoms with van der Waals surface area (Å²) in [6.07, 6.45) is 0. The molecule has 0 atom stereocenters. The van der Waals surface area contributed by atoms with E-state index in [0.717, 1.165) is 0 Å². The van der Waals surface area contributed by atoms with Crippen LogP contribution in [0.1, 0.15) is 17.4 Å². The molecule has 0 aliphatic rings. The number of rotatable bonds is 4. The van der Waals surface area contributed by atoms with Crippen molar-refractivity contribution in [1.29, 1.82) is 0 Å². The summed E-state index contributed by atoms with van der Waals surface area (Å²) in [5.41, 5.74) is 6.37. The number of halogens is 1. The molecule has 1 heterocycles. The van der Waals surface area contributed by atoms with Crippen molar-refractivity contribution in [3.63, 3.8) is 0 Å². The fraction of sp³-hybridized carbons (Fsp3) is 0.154. The van der Waals surface area contributed by atoms with Crippen molar-refractivity contribution in [3.8, 4) is 11.6 Å². The molecule has 1 aromatic carbocycles. The largest absolute Gasteiger partial charge is 0.434 e. The van der Waals surface area contributed by atoms with Gasteiger partial charge in [0.1, 0.15) is 0 Å². The van der Waals surface area contributed by atoms with Gasteiger partial charge in [-0.2, -0.15) is 0 Å². The first-order valence-corrected chi connectivity index (χ1v) is 6.33. The number of nitrogens with one attached hydrogen (secondary N) is 1. The van der Waals surface area contributed by atoms with E-state index in [1.807, 2.05) is 6.92 Å². The van der Waals surface area contributed by atoms with Crippen molar-refractivity contribution in [2.24, 2.45) is 0 Å². The van der Waals surface area contributed by atoms with Gasteiger partial charge < -0.3 is 15.8 Å². The number of benzene rings is 1. The maximum atomic E-state index is 11.5. The molecule has 0 radical (unpaired) electrons. The van der Waals surface area contributed by atoms with Gasteiger partial charge in [-0.15, -0.1) is 10.2 Å². The Morgan fingerprint density at radius 3 is 2.75 bits per heavy atom. The lowest BCUT2D eigenvalue weighted by Crippen LogP contribution is -2.23. The zero-order valence-corrected chi connectivity index (χ0v) is 11.5. The predicted octanol–water partition coefficient (Wildman–Crippen LogP) is 2.25. The number of nitrogens with zero attached hydrogens (tertiary/aromatic N) is 2. The van der Waals surface area contributed by atoms with Crippen LogP contribution < -0.4 is 15.8 Å². The summed E-state index contributed by atoms with van der Waals surface area (Å²) in [6, 6.07) is 8.08. The topological polar surface area (TPSA) is 90.1 Å². The summed E-state index contributed by atoms with van der Waals surface area (Å²) in [7, 11) is 0. The Bertz CT molecular complexity index is 596. The number of ether oxygens (including phenoxy) is 1. The SMILES string of the molecule is CCNC(=O)c1ccc(Oc2c(N)cccc2Cl)nn1. The van der Waals surface area contributed by atoms with Crippen LogP contribution in [-0.2, 0) is 0 Å². The number of amides is 1. The second-order valence-electron chi connectivity index (χ2n) is 3.88. The molecule has 0 spiro atoms. The Morgan fingerprint density at radius 1 is 1.35 bits per heavy atom. The maximum Gasteiger partial charge on any atom is 0.271 e. The van der Waals surface area contributed by atoms with E-state index in [1.54, 1.807) is 18.2 Å². The zero-order valence-electron chi connectivity index (χ0n) is 10.8. The minimum atomic E-state index is -0.288. The predicted molar refractivity (Wildman–Crippen MR) is 76.0 cm³/mol. The first-order chi connectivity index (χ1) is 9.61. The van der Waals surface area contributed by atoms with E-state index in [0.29, 0.717) is 23.0 Å². The number of carbonyl (C=O) groups excluding carboxylic acids is 1. The Kier molecular flexibility index (Phi) is 4.37. The van der Waals surface area contributed by atoms with Crippen molar-refractivity contribution < 1.29 is 9.53 Å².